The number of carbonyl (C=O) groups excluding carboxylic acids is 1. The molecule has 0 fully saturated rings. The van der Waals surface area contributed by atoms with E-state index in [1.165, 1.54) is 6.07 Å². The van der Waals surface area contributed by atoms with Crippen LogP contribution in [0.2, 0.25) is 0 Å². The number of hydrazine groups is 1. The Morgan fingerprint density at radius 3 is 2.40 bits per heavy atom. The molecule has 0 aliphatic carbocycles. The van der Waals surface area contributed by atoms with Crippen molar-refractivity contribution in [3.63, 3.8) is 0 Å². The maximum Gasteiger partial charge on any atom is 0.269 e. The highest BCUT2D eigenvalue weighted by Crippen LogP contribution is 2.24. The largest absolute Gasteiger partial charge is 0.759 e. The summed E-state index contributed by atoms with van der Waals surface area (Å²) in [5, 5.41) is 0. The number of nitrogens with one attached hydrogen (secondary N) is 2. The van der Waals surface area contributed by atoms with E-state index in [9.17, 15) is 13.6 Å². The van der Waals surface area contributed by atoms with Gasteiger partial charge < -0.3 is 9.29 Å². The molecule has 0 bridgehead atoms. The molecule has 0 saturated carbocycles. The van der Waals surface area contributed by atoms with Gasteiger partial charge in [0.2, 0.25) is 0 Å². The Balaban J connectivity index is 2.18. The number of hydrogen-bond acceptors (Lipinski definition) is 4. The fourth-order valence-corrected chi connectivity index (χ4v) is 1.69. The van der Waals surface area contributed by atoms with E-state index in [-0.39, 0.29) is 5.56 Å². The monoisotopic (exact) mass is 291 g/mol. The first-order valence-corrected chi connectivity index (χ1v) is 6.71. The lowest BCUT2D eigenvalue weighted by atomic mass is 10.2. The van der Waals surface area contributed by atoms with Crippen molar-refractivity contribution in [3.05, 3.63) is 60.2 Å². The van der Waals surface area contributed by atoms with Gasteiger partial charge in [0.1, 0.15) is 11.5 Å². The van der Waals surface area contributed by atoms with Gasteiger partial charge in [-0.25, -0.2) is 0 Å². The maximum atomic E-state index is 11.8. The number of rotatable bonds is 5. The molecule has 2 aromatic carbocycles. The summed E-state index contributed by atoms with van der Waals surface area (Å²) in [6.07, 6.45) is 0. The van der Waals surface area contributed by atoms with Gasteiger partial charge in [-0.2, -0.15) is 4.83 Å². The van der Waals surface area contributed by atoms with Crippen LogP contribution in [0.15, 0.2) is 54.6 Å². The Morgan fingerprint density at radius 1 is 1.05 bits per heavy atom. The molecule has 2 rings (SSSR count). The maximum absolute atomic E-state index is 11.8. The lowest BCUT2D eigenvalue weighted by Crippen LogP contribution is -2.38. The molecule has 0 aliphatic heterocycles. The second kappa shape index (κ2) is 6.80. The van der Waals surface area contributed by atoms with E-state index in [0.717, 1.165) is 0 Å². The molecule has 1 unspecified atom stereocenters. The van der Waals surface area contributed by atoms with Gasteiger partial charge in [-0.05, 0) is 24.3 Å². The number of ether oxygens (including phenoxy) is 1. The Kier molecular flexibility index (Phi) is 4.83. The molecule has 0 aromatic heterocycles. The zero-order chi connectivity index (χ0) is 14.4. The van der Waals surface area contributed by atoms with Crippen LogP contribution in [-0.2, 0) is 11.3 Å². The summed E-state index contributed by atoms with van der Waals surface area (Å²) in [5.74, 6) is 0.295. The van der Waals surface area contributed by atoms with Gasteiger partial charge in [-0.15, -0.1) is 0 Å². The number of para-hydroxylation sites is 2. The summed E-state index contributed by atoms with van der Waals surface area (Å²) in [4.78, 5) is 13.6. The van der Waals surface area contributed by atoms with E-state index in [1.54, 1.807) is 47.3 Å². The predicted molar refractivity (Wildman–Crippen MR) is 72.5 cm³/mol. The normalized spacial score (nSPS) is 11.7. The molecular formula is C13H11N2O4S-. The standard InChI is InChI=1S/C13H12N2O4S/c16-13(14-15-20(17)18)11-8-4-5-9-12(11)19-10-6-2-1-3-7-10/h1-9,15H,(H,14,16)(H,17,18)/p-1. The van der Waals surface area contributed by atoms with Gasteiger partial charge in [0.05, 0.1) is 5.56 Å². The topological polar surface area (TPSA) is 90.5 Å². The SMILES string of the molecule is O=C(NNS(=O)[O-])c1ccccc1Oc1ccccc1. The van der Waals surface area contributed by atoms with Crippen LogP contribution in [0.5, 0.6) is 11.5 Å². The average Bonchev–Trinajstić information content (AvgIpc) is 2.46. The van der Waals surface area contributed by atoms with Crippen molar-refractivity contribution in [3.8, 4) is 11.5 Å². The van der Waals surface area contributed by atoms with Gasteiger partial charge in [0.15, 0.2) is 0 Å². The highest BCUT2D eigenvalue weighted by Gasteiger charge is 2.12. The summed E-state index contributed by atoms with van der Waals surface area (Å²) in [5.41, 5.74) is 2.26. The van der Waals surface area contributed by atoms with Gasteiger partial charge in [0.25, 0.3) is 5.91 Å². The lowest BCUT2D eigenvalue weighted by molar-refractivity contribution is 0.0942. The first kappa shape index (κ1) is 14.2. The third-order valence-electron chi connectivity index (χ3n) is 2.35. The molecule has 0 saturated heterocycles. The molecule has 2 N–H and O–H groups in total. The summed E-state index contributed by atoms with van der Waals surface area (Å²) in [7, 11) is 0. The molecule has 104 valence electrons. The van der Waals surface area contributed by atoms with Crippen molar-refractivity contribution >= 4 is 17.2 Å². The predicted octanol–water partition coefficient (Wildman–Crippen LogP) is 1.51. The lowest BCUT2D eigenvalue weighted by Gasteiger charge is -2.12. The van der Waals surface area contributed by atoms with E-state index >= 15 is 0 Å². The van der Waals surface area contributed by atoms with E-state index in [2.05, 4.69) is 0 Å². The minimum absolute atomic E-state index is 0.217. The molecule has 0 radical (unpaired) electrons. The van der Waals surface area contributed by atoms with Crippen molar-refractivity contribution in [2.75, 3.05) is 0 Å². The first-order chi connectivity index (χ1) is 9.66. The summed E-state index contributed by atoms with van der Waals surface area (Å²) < 4.78 is 26.3. The molecule has 0 heterocycles. The van der Waals surface area contributed by atoms with Crippen molar-refractivity contribution in [2.45, 2.75) is 0 Å². The van der Waals surface area contributed by atoms with Crippen molar-refractivity contribution in [2.24, 2.45) is 0 Å². The third-order valence-corrected chi connectivity index (χ3v) is 2.62. The molecule has 2 aromatic rings. The molecule has 0 aliphatic rings. The molecule has 1 amide bonds. The summed E-state index contributed by atoms with van der Waals surface area (Å²) in [6.45, 7) is 0. The van der Waals surface area contributed by atoms with Crippen LogP contribution in [0.1, 0.15) is 10.4 Å². The second-order valence-corrected chi connectivity index (χ2v) is 4.38. The van der Waals surface area contributed by atoms with Crippen LogP contribution in [-0.4, -0.2) is 14.7 Å². The molecule has 0 spiro atoms. The van der Waals surface area contributed by atoms with Gasteiger partial charge in [0, 0.05) is 11.3 Å². The number of hydrogen-bond donors (Lipinski definition) is 2. The van der Waals surface area contributed by atoms with Crippen LogP contribution in [0, 0.1) is 0 Å². The molecule has 6 nitrogen and oxygen atoms in total. The minimum Gasteiger partial charge on any atom is -0.759 e. The Morgan fingerprint density at radius 2 is 1.70 bits per heavy atom. The van der Waals surface area contributed by atoms with Crippen molar-refractivity contribution < 1.29 is 18.3 Å². The van der Waals surface area contributed by atoms with Crippen LogP contribution >= 0.6 is 0 Å². The van der Waals surface area contributed by atoms with Crippen molar-refractivity contribution in [1.29, 1.82) is 0 Å². The fourth-order valence-electron chi connectivity index (χ4n) is 1.51. The molecule has 1 atom stereocenters. The first-order valence-electron chi connectivity index (χ1n) is 5.64. The van der Waals surface area contributed by atoms with E-state index in [4.69, 9.17) is 4.74 Å². The second-order valence-electron chi connectivity index (χ2n) is 3.70. The van der Waals surface area contributed by atoms with Crippen LogP contribution in [0.4, 0.5) is 0 Å². The highest BCUT2D eigenvalue weighted by molar-refractivity contribution is 7.77. The fraction of sp³-hybridized carbons (Fsp3) is 0. The average molecular weight is 291 g/mol. The smallest absolute Gasteiger partial charge is 0.269 e. The third kappa shape index (κ3) is 3.89. The Bertz CT molecular complexity index is 619. The summed E-state index contributed by atoms with van der Waals surface area (Å²) >= 11 is -2.58. The number of carbonyl (C=O) groups is 1. The highest BCUT2D eigenvalue weighted by atomic mass is 32.2. The summed E-state index contributed by atoms with van der Waals surface area (Å²) in [6, 6.07) is 15.5. The van der Waals surface area contributed by atoms with Crippen LogP contribution < -0.4 is 15.0 Å². The van der Waals surface area contributed by atoms with Gasteiger partial charge in [-0.3, -0.25) is 14.4 Å². The van der Waals surface area contributed by atoms with Crippen LogP contribution in [0.3, 0.4) is 0 Å². The van der Waals surface area contributed by atoms with E-state index < -0.39 is 17.2 Å². The van der Waals surface area contributed by atoms with Crippen molar-refractivity contribution in [1.82, 2.24) is 10.3 Å². The zero-order valence-electron chi connectivity index (χ0n) is 10.2. The molecule has 7 heteroatoms. The molecule has 20 heavy (non-hydrogen) atoms. The minimum atomic E-state index is -2.58. The Hall–Kier alpha value is -2.22. The van der Waals surface area contributed by atoms with Gasteiger partial charge in [-0.1, -0.05) is 30.3 Å². The zero-order valence-corrected chi connectivity index (χ0v) is 11.1. The van der Waals surface area contributed by atoms with Gasteiger partial charge >= 0.3 is 0 Å². The Labute approximate surface area is 118 Å². The quantitative estimate of drug-likeness (QED) is 0.645. The van der Waals surface area contributed by atoms with Crippen LogP contribution in [0.25, 0.3) is 0 Å². The molecular weight excluding hydrogens is 280 g/mol. The number of amides is 1. The number of benzene rings is 2. The van der Waals surface area contributed by atoms with E-state index in [0.29, 0.717) is 11.5 Å². The van der Waals surface area contributed by atoms with E-state index in [1.807, 2.05) is 11.5 Å².